The number of fused-ring (bicyclic) bond motifs is 5. The van der Waals surface area contributed by atoms with Crippen LogP contribution < -0.4 is 0 Å². The summed E-state index contributed by atoms with van der Waals surface area (Å²) in [6.45, 7) is 22.8. The normalized spacial score (nSPS) is 55.8. The van der Waals surface area contributed by atoms with Gasteiger partial charge in [-0.2, -0.15) is 0 Å². The zero-order chi connectivity index (χ0) is 25.1. The second-order valence-electron chi connectivity index (χ2n) is 13.0. The van der Waals surface area contributed by atoms with Crippen LogP contribution in [0.1, 0.15) is 69.2 Å². The summed E-state index contributed by atoms with van der Waals surface area (Å²) in [4.78, 5) is 14.7. The third-order valence-corrected chi connectivity index (χ3v) is 12.3. The summed E-state index contributed by atoms with van der Waals surface area (Å²) < 4.78 is 18.6. The van der Waals surface area contributed by atoms with E-state index < -0.39 is 17.6 Å². The molecular weight excluding hydrogens is 416 g/mol. The Hall–Kier alpha value is -0.750. The summed E-state index contributed by atoms with van der Waals surface area (Å²) >= 11 is 0. The van der Waals surface area contributed by atoms with E-state index >= 15 is 0 Å². The number of hydrogen-bond donors (Lipinski definition) is 1. The van der Waals surface area contributed by atoms with Crippen molar-refractivity contribution in [3.63, 3.8) is 0 Å². The fourth-order valence-corrected chi connectivity index (χ4v) is 9.76. The molecule has 0 aromatic carbocycles. The summed E-state index contributed by atoms with van der Waals surface area (Å²) in [5.41, 5.74) is -0.0853. The van der Waals surface area contributed by atoms with Gasteiger partial charge in [0, 0.05) is 25.6 Å². The predicted molar refractivity (Wildman–Crippen MR) is 129 cm³/mol. The first kappa shape index (κ1) is 25.3. The van der Waals surface area contributed by atoms with Crippen molar-refractivity contribution in [2.24, 2.45) is 45.3 Å². The second-order valence-corrected chi connectivity index (χ2v) is 13.0. The van der Waals surface area contributed by atoms with E-state index in [1.807, 2.05) is 6.92 Å². The van der Waals surface area contributed by atoms with Gasteiger partial charge in [0.15, 0.2) is 5.78 Å². The maximum Gasteiger partial charge on any atom is 0.174 e. The molecule has 1 heterocycles. The molecule has 3 aliphatic carbocycles. The molecule has 33 heavy (non-hydrogen) atoms. The smallest absolute Gasteiger partial charge is 0.174 e. The molecule has 1 aliphatic heterocycles. The van der Waals surface area contributed by atoms with E-state index in [2.05, 4.69) is 62.3 Å². The van der Waals surface area contributed by atoms with Gasteiger partial charge in [0.2, 0.25) is 0 Å². The first-order valence-electron chi connectivity index (χ1n) is 12.7. The van der Waals surface area contributed by atoms with E-state index in [-0.39, 0.29) is 57.4 Å². The molecule has 3 fully saturated rings. The molecule has 11 atom stereocenters. The molecule has 4 rings (SSSR count). The lowest BCUT2D eigenvalue weighted by molar-refractivity contribution is -0.368. The van der Waals surface area contributed by atoms with Gasteiger partial charge in [0.05, 0.1) is 29.8 Å². The molecule has 0 spiro atoms. The molecule has 2 bridgehead atoms. The van der Waals surface area contributed by atoms with Crippen molar-refractivity contribution < 1.29 is 24.1 Å². The average molecular weight is 463 g/mol. The van der Waals surface area contributed by atoms with Crippen LogP contribution in [0.15, 0.2) is 11.1 Å². The Balaban J connectivity index is 2.11. The van der Waals surface area contributed by atoms with Crippen molar-refractivity contribution in [1.29, 1.82) is 0 Å². The summed E-state index contributed by atoms with van der Waals surface area (Å²) in [6.07, 6.45) is -1.60. The maximum absolute atomic E-state index is 14.7. The lowest BCUT2D eigenvalue weighted by Crippen LogP contribution is -2.80. The van der Waals surface area contributed by atoms with E-state index in [0.717, 1.165) is 11.1 Å². The highest BCUT2D eigenvalue weighted by atomic mass is 16.5. The van der Waals surface area contributed by atoms with Crippen molar-refractivity contribution in [3.05, 3.63) is 11.1 Å². The quantitative estimate of drug-likeness (QED) is 0.605. The number of rotatable bonds is 2. The molecular formula is C28H46O5. The van der Waals surface area contributed by atoms with Crippen LogP contribution in [0.25, 0.3) is 0 Å². The largest absolute Gasteiger partial charge is 0.388 e. The maximum atomic E-state index is 14.7. The number of hydrogen-bond acceptors (Lipinski definition) is 5. The molecule has 0 aromatic rings. The van der Waals surface area contributed by atoms with Crippen LogP contribution in [0.5, 0.6) is 0 Å². The lowest BCUT2D eigenvalue weighted by atomic mass is 9.34. The Bertz CT molecular complexity index is 893. The number of carbonyl (C=O) groups is 1. The van der Waals surface area contributed by atoms with E-state index in [9.17, 15) is 9.90 Å². The first-order chi connectivity index (χ1) is 15.0. The fourth-order valence-electron chi connectivity index (χ4n) is 9.76. The molecule has 0 aromatic heterocycles. The molecule has 188 valence electrons. The average Bonchev–Trinajstić information content (AvgIpc) is 2.76. The minimum absolute atomic E-state index is 0.00827. The highest BCUT2D eigenvalue weighted by molar-refractivity contribution is 5.93. The minimum Gasteiger partial charge on any atom is -0.388 e. The summed E-state index contributed by atoms with van der Waals surface area (Å²) in [6, 6.07) is 0. The van der Waals surface area contributed by atoms with Gasteiger partial charge in [-0.15, -0.1) is 0 Å². The first-order valence-corrected chi connectivity index (χ1v) is 12.7. The van der Waals surface area contributed by atoms with Gasteiger partial charge >= 0.3 is 0 Å². The molecule has 5 heteroatoms. The Morgan fingerprint density at radius 3 is 1.97 bits per heavy atom. The molecule has 11 unspecified atom stereocenters. The standard InChI is InChI=1S/C28H46O5/c1-14-18-20(31-11)22(30)26(8)21(16(3)27(9,24(18,5)6)15(2)19(14)29)25(7)13-33-28(25,10)17(4)23(26)32-12/h15-17,19-21,23,29H,13H2,1-12H3. The zero-order valence-corrected chi connectivity index (χ0v) is 22.8. The van der Waals surface area contributed by atoms with Gasteiger partial charge in [-0.1, -0.05) is 48.5 Å². The number of aliphatic hydroxyl groups excluding tert-OH is 1. The van der Waals surface area contributed by atoms with Gasteiger partial charge < -0.3 is 19.3 Å². The Morgan fingerprint density at radius 1 is 0.939 bits per heavy atom. The molecule has 2 saturated carbocycles. The highest BCUT2D eigenvalue weighted by Crippen LogP contribution is 2.73. The molecule has 1 saturated heterocycles. The summed E-state index contributed by atoms with van der Waals surface area (Å²) in [5, 5.41) is 11.5. The number of ether oxygens (including phenoxy) is 3. The second kappa shape index (κ2) is 7.15. The van der Waals surface area contributed by atoms with Crippen LogP contribution in [-0.4, -0.2) is 55.6 Å². The van der Waals surface area contributed by atoms with Crippen molar-refractivity contribution >= 4 is 5.78 Å². The highest BCUT2D eigenvalue weighted by Gasteiger charge is 2.78. The van der Waals surface area contributed by atoms with E-state index in [1.54, 1.807) is 14.2 Å². The van der Waals surface area contributed by atoms with Crippen LogP contribution in [0, 0.1) is 45.3 Å². The number of aliphatic hydroxyl groups is 1. The Kier molecular flexibility index (Phi) is 5.49. The van der Waals surface area contributed by atoms with E-state index in [4.69, 9.17) is 14.2 Å². The van der Waals surface area contributed by atoms with Crippen LogP contribution in [0.4, 0.5) is 0 Å². The van der Waals surface area contributed by atoms with Crippen molar-refractivity contribution in [2.45, 2.75) is 93.2 Å². The van der Waals surface area contributed by atoms with Crippen LogP contribution in [-0.2, 0) is 19.0 Å². The van der Waals surface area contributed by atoms with Gasteiger partial charge in [0.25, 0.3) is 0 Å². The topological polar surface area (TPSA) is 65.0 Å². The monoisotopic (exact) mass is 462 g/mol. The Labute approximate surface area is 200 Å². The van der Waals surface area contributed by atoms with Crippen molar-refractivity contribution in [1.82, 2.24) is 0 Å². The predicted octanol–water partition coefficient (Wildman–Crippen LogP) is 4.66. The molecule has 0 radical (unpaired) electrons. The summed E-state index contributed by atoms with van der Waals surface area (Å²) in [7, 11) is 3.37. The van der Waals surface area contributed by atoms with Gasteiger partial charge in [0.1, 0.15) is 6.10 Å². The molecule has 4 aliphatic rings. The SMILES string of the molecule is COC1C(=O)C2(C)C(OC)C(C)C3(C)OCC3(C)C2C(C)C2(C)C(C)C(O)C(C)=C1C2(C)C. The summed E-state index contributed by atoms with van der Waals surface area (Å²) in [5.74, 6) is 0.299. The van der Waals surface area contributed by atoms with Gasteiger partial charge in [-0.05, 0) is 60.5 Å². The lowest BCUT2D eigenvalue weighted by Gasteiger charge is -2.75. The number of ketones is 1. The van der Waals surface area contributed by atoms with Crippen molar-refractivity contribution in [2.75, 3.05) is 20.8 Å². The molecule has 0 amide bonds. The molecule has 5 nitrogen and oxygen atoms in total. The van der Waals surface area contributed by atoms with E-state index in [0.29, 0.717) is 6.61 Å². The van der Waals surface area contributed by atoms with Crippen LogP contribution >= 0.6 is 0 Å². The molecule has 1 N–H and O–H groups in total. The van der Waals surface area contributed by atoms with Crippen LogP contribution in [0.2, 0.25) is 0 Å². The third kappa shape index (κ3) is 2.46. The number of carbonyl (C=O) groups excluding carboxylic acids is 1. The van der Waals surface area contributed by atoms with Gasteiger partial charge in [-0.25, -0.2) is 0 Å². The van der Waals surface area contributed by atoms with Crippen molar-refractivity contribution in [3.8, 4) is 0 Å². The van der Waals surface area contributed by atoms with Gasteiger partial charge in [-0.3, -0.25) is 4.79 Å². The fraction of sp³-hybridized carbons (Fsp3) is 0.893. The number of Topliss-reactive ketones (excluding diaryl/α,β-unsaturated/α-hetero) is 1. The number of methoxy groups -OCH3 is 2. The Morgan fingerprint density at radius 2 is 1.52 bits per heavy atom. The zero-order valence-electron chi connectivity index (χ0n) is 22.8. The third-order valence-electron chi connectivity index (χ3n) is 12.3. The van der Waals surface area contributed by atoms with E-state index in [1.165, 1.54) is 0 Å². The van der Waals surface area contributed by atoms with Crippen LogP contribution in [0.3, 0.4) is 0 Å². The minimum atomic E-state index is -0.752.